The van der Waals surface area contributed by atoms with Crippen molar-refractivity contribution in [1.82, 2.24) is 10.6 Å². The number of amides is 3. The predicted molar refractivity (Wildman–Crippen MR) is 100 cm³/mol. The molecule has 1 atom stereocenters. The molecule has 0 aliphatic carbocycles. The number of hydrogen-bond acceptors (Lipinski definition) is 4. The van der Waals surface area contributed by atoms with Crippen LogP contribution < -0.4 is 16.0 Å². The van der Waals surface area contributed by atoms with Crippen LogP contribution in [0.4, 0.5) is 25.0 Å². The van der Waals surface area contributed by atoms with E-state index >= 15 is 0 Å². The summed E-state index contributed by atoms with van der Waals surface area (Å²) in [7, 11) is 0. The second-order valence-corrected chi connectivity index (χ2v) is 6.53. The summed E-state index contributed by atoms with van der Waals surface area (Å²) in [5.41, 5.74) is 0.0648. The lowest BCUT2D eigenvalue weighted by atomic mass is 9.94. The van der Waals surface area contributed by atoms with Crippen LogP contribution in [-0.4, -0.2) is 16.9 Å². The van der Waals surface area contributed by atoms with Crippen molar-refractivity contribution in [1.29, 1.82) is 0 Å². The number of nitro groups is 1. The van der Waals surface area contributed by atoms with Gasteiger partial charge in [-0.1, -0.05) is 17.7 Å². The highest BCUT2D eigenvalue weighted by Gasteiger charge is 2.32. The minimum Gasteiger partial charge on any atom is -0.327 e. The van der Waals surface area contributed by atoms with E-state index in [2.05, 4.69) is 16.0 Å². The van der Waals surface area contributed by atoms with Crippen molar-refractivity contribution in [3.8, 4) is 0 Å². The van der Waals surface area contributed by atoms with Gasteiger partial charge in [-0.25, -0.2) is 13.6 Å². The molecule has 3 rings (SSSR count). The Bertz CT molecular complexity index is 1070. The van der Waals surface area contributed by atoms with Gasteiger partial charge >= 0.3 is 6.03 Å². The summed E-state index contributed by atoms with van der Waals surface area (Å²) in [6.45, 7) is 1.47. The monoisotopic (exact) mass is 422 g/mol. The summed E-state index contributed by atoms with van der Waals surface area (Å²) in [6.07, 6.45) is 0. The number of benzene rings is 2. The number of nitrogens with zero attached hydrogens (tertiary/aromatic N) is 1. The van der Waals surface area contributed by atoms with E-state index in [-0.39, 0.29) is 27.5 Å². The van der Waals surface area contributed by atoms with Gasteiger partial charge in [0.05, 0.1) is 16.5 Å². The Balaban J connectivity index is 2.00. The quantitative estimate of drug-likeness (QED) is 0.513. The molecule has 3 amide bonds. The summed E-state index contributed by atoms with van der Waals surface area (Å²) in [6, 6.07) is 5.04. The second-order valence-electron chi connectivity index (χ2n) is 6.12. The molecule has 29 heavy (non-hydrogen) atoms. The number of nitro benzene ring substituents is 1. The third-order valence-corrected chi connectivity index (χ3v) is 4.51. The number of nitrogens with one attached hydrogen (secondary N) is 3. The minimum absolute atomic E-state index is 0.00747. The van der Waals surface area contributed by atoms with E-state index < -0.39 is 40.2 Å². The Morgan fingerprint density at radius 3 is 2.59 bits per heavy atom. The van der Waals surface area contributed by atoms with Crippen molar-refractivity contribution in [2.45, 2.75) is 13.0 Å². The summed E-state index contributed by atoms with van der Waals surface area (Å²) in [4.78, 5) is 35.2. The summed E-state index contributed by atoms with van der Waals surface area (Å²) >= 11 is 5.82. The number of halogens is 3. The number of allylic oxidation sites excluding steroid dienone is 1. The summed E-state index contributed by atoms with van der Waals surface area (Å²) < 4.78 is 26.5. The first-order valence-corrected chi connectivity index (χ1v) is 8.53. The van der Waals surface area contributed by atoms with E-state index in [1.54, 1.807) is 0 Å². The normalized spacial score (nSPS) is 16.1. The maximum atomic E-state index is 13.4. The molecule has 1 aliphatic heterocycles. The van der Waals surface area contributed by atoms with Gasteiger partial charge in [0.2, 0.25) is 0 Å². The van der Waals surface area contributed by atoms with Crippen LogP contribution in [0.25, 0.3) is 0 Å². The molecular formula is C18H13ClF2N4O4. The van der Waals surface area contributed by atoms with Crippen molar-refractivity contribution in [2.24, 2.45) is 0 Å². The van der Waals surface area contributed by atoms with E-state index in [4.69, 9.17) is 11.6 Å². The fraction of sp³-hybridized carbons (Fsp3) is 0.111. The van der Waals surface area contributed by atoms with E-state index in [0.29, 0.717) is 0 Å². The number of anilines is 1. The van der Waals surface area contributed by atoms with Crippen LogP contribution in [0.3, 0.4) is 0 Å². The summed E-state index contributed by atoms with van der Waals surface area (Å²) in [5, 5.41) is 18.4. The molecule has 0 unspecified atom stereocenters. The predicted octanol–water partition coefficient (Wildman–Crippen LogP) is 3.79. The molecule has 1 heterocycles. The first-order chi connectivity index (χ1) is 13.7. The highest BCUT2D eigenvalue weighted by atomic mass is 35.5. The van der Waals surface area contributed by atoms with Gasteiger partial charge in [-0.2, -0.15) is 0 Å². The molecule has 0 saturated heterocycles. The van der Waals surface area contributed by atoms with E-state index in [9.17, 15) is 28.5 Å². The Hall–Kier alpha value is -3.53. The third kappa shape index (κ3) is 4.16. The number of rotatable bonds is 4. The molecule has 2 aromatic carbocycles. The van der Waals surface area contributed by atoms with E-state index in [1.807, 2.05) is 0 Å². The molecule has 0 fully saturated rings. The molecule has 0 spiro atoms. The summed E-state index contributed by atoms with van der Waals surface area (Å²) in [5.74, 6) is -2.94. The Labute approximate surface area is 167 Å². The van der Waals surface area contributed by atoms with Crippen LogP contribution in [0.15, 0.2) is 47.7 Å². The lowest BCUT2D eigenvalue weighted by Crippen LogP contribution is -2.46. The second kappa shape index (κ2) is 7.84. The fourth-order valence-corrected chi connectivity index (χ4v) is 3.05. The largest absolute Gasteiger partial charge is 0.327 e. The SMILES string of the molecule is CC1=C(C(=O)Nc2ccc(F)c(F)c2)[C@H](c2ccc(Cl)c([N+](=O)[O-])c2)NC(=O)N1. The standard InChI is InChI=1S/C18H13ClF2N4O4/c1-8-15(17(26)23-10-3-5-12(20)13(21)7-10)16(24-18(27)22-8)9-2-4-11(19)14(6-9)25(28)29/h2-7,16H,1H3,(H,23,26)(H2,22,24,27)/t16-/m0/s1. The number of urea groups is 1. The molecule has 0 radical (unpaired) electrons. The lowest BCUT2D eigenvalue weighted by Gasteiger charge is -2.28. The molecule has 0 bridgehead atoms. The van der Waals surface area contributed by atoms with Crippen LogP contribution in [0.5, 0.6) is 0 Å². The molecule has 11 heteroatoms. The minimum atomic E-state index is -1.14. The van der Waals surface area contributed by atoms with E-state index in [0.717, 1.165) is 18.2 Å². The average Bonchev–Trinajstić information content (AvgIpc) is 2.64. The van der Waals surface area contributed by atoms with Gasteiger partial charge in [0.1, 0.15) is 5.02 Å². The molecule has 0 aromatic heterocycles. The van der Waals surface area contributed by atoms with Crippen LogP contribution in [0.1, 0.15) is 18.5 Å². The number of carbonyl (C=O) groups is 2. The zero-order valence-corrected chi connectivity index (χ0v) is 15.5. The smallest absolute Gasteiger partial charge is 0.319 e. The highest BCUT2D eigenvalue weighted by Crippen LogP contribution is 2.33. The van der Waals surface area contributed by atoms with Gasteiger partial charge in [0.15, 0.2) is 11.6 Å². The molecule has 0 saturated carbocycles. The van der Waals surface area contributed by atoms with Crippen LogP contribution >= 0.6 is 11.6 Å². The molecule has 150 valence electrons. The Morgan fingerprint density at radius 1 is 1.21 bits per heavy atom. The molecule has 3 N–H and O–H groups in total. The Kier molecular flexibility index (Phi) is 5.46. The van der Waals surface area contributed by atoms with Gasteiger partial charge in [-0.3, -0.25) is 14.9 Å². The molecule has 2 aromatic rings. The lowest BCUT2D eigenvalue weighted by molar-refractivity contribution is -0.384. The van der Waals surface area contributed by atoms with Crippen LogP contribution in [0.2, 0.25) is 5.02 Å². The zero-order chi connectivity index (χ0) is 21.3. The van der Waals surface area contributed by atoms with Crippen LogP contribution in [-0.2, 0) is 4.79 Å². The van der Waals surface area contributed by atoms with Crippen molar-refractivity contribution in [2.75, 3.05) is 5.32 Å². The first kappa shape index (κ1) is 20.2. The maximum Gasteiger partial charge on any atom is 0.319 e. The molecule has 8 nitrogen and oxygen atoms in total. The van der Waals surface area contributed by atoms with E-state index in [1.165, 1.54) is 25.1 Å². The third-order valence-electron chi connectivity index (χ3n) is 4.19. The van der Waals surface area contributed by atoms with Crippen molar-refractivity contribution >= 4 is 34.9 Å². The van der Waals surface area contributed by atoms with Gasteiger partial charge < -0.3 is 16.0 Å². The zero-order valence-electron chi connectivity index (χ0n) is 14.8. The van der Waals surface area contributed by atoms with Gasteiger partial charge in [0, 0.05) is 23.5 Å². The maximum absolute atomic E-state index is 13.4. The van der Waals surface area contributed by atoms with Gasteiger partial charge in [0.25, 0.3) is 11.6 Å². The van der Waals surface area contributed by atoms with Crippen molar-refractivity contribution < 1.29 is 23.3 Å². The van der Waals surface area contributed by atoms with Gasteiger partial charge in [-0.05, 0) is 30.7 Å². The van der Waals surface area contributed by atoms with Crippen LogP contribution in [0, 0.1) is 21.7 Å². The van der Waals surface area contributed by atoms with Crippen molar-refractivity contribution in [3.05, 3.63) is 80.0 Å². The Morgan fingerprint density at radius 2 is 1.93 bits per heavy atom. The topological polar surface area (TPSA) is 113 Å². The van der Waals surface area contributed by atoms with Gasteiger partial charge in [-0.15, -0.1) is 0 Å². The molecule has 1 aliphatic rings. The number of hydrogen-bond donors (Lipinski definition) is 3. The average molecular weight is 423 g/mol. The van der Waals surface area contributed by atoms with Crippen molar-refractivity contribution in [3.63, 3.8) is 0 Å². The molecular weight excluding hydrogens is 410 g/mol. The highest BCUT2D eigenvalue weighted by molar-refractivity contribution is 6.32. The number of carbonyl (C=O) groups excluding carboxylic acids is 2. The first-order valence-electron chi connectivity index (χ1n) is 8.16. The fourth-order valence-electron chi connectivity index (χ4n) is 2.87.